The highest BCUT2D eigenvalue weighted by Crippen LogP contribution is 2.28. The summed E-state index contributed by atoms with van der Waals surface area (Å²) >= 11 is 0. The highest BCUT2D eigenvalue weighted by atomic mass is 16.5. The zero-order chi connectivity index (χ0) is 90.4. The molecule has 0 aliphatic heterocycles. The summed E-state index contributed by atoms with van der Waals surface area (Å²) in [5.41, 5.74) is 10.7. The number of aliphatic hydroxyl groups is 2. The third-order valence-electron chi connectivity index (χ3n) is 20.4. The number of para-hydroxylation sites is 2. The van der Waals surface area contributed by atoms with Crippen molar-refractivity contribution in [2.24, 2.45) is 23.7 Å². The number of nitrogens with one attached hydrogen (secondary N) is 2. The van der Waals surface area contributed by atoms with E-state index >= 15 is 0 Å². The van der Waals surface area contributed by atoms with Gasteiger partial charge in [-0.1, -0.05) is 139 Å². The number of aliphatic hydroxyl groups excluding tert-OH is 2. The molecule has 10 aromatic rings. The molecule has 648 valence electrons. The molecule has 11 N–H and O–H groups in total. The number of Topliss-reactive ketones (excluding diaryl/α,β-unsaturated/α-hetero) is 8. The molecule has 0 aromatic heterocycles. The number of carbonyl (C=O) groups is 12. The van der Waals surface area contributed by atoms with Crippen LogP contribution in [0.5, 0.6) is 40.2 Å². The lowest BCUT2D eigenvalue weighted by molar-refractivity contribution is -0.155. The Balaban J connectivity index is 0.000000228. The highest BCUT2D eigenvalue weighted by Gasteiger charge is 2.37. The minimum Gasteiger partial charge on any atom is -0.508 e. The van der Waals surface area contributed by atoms with E-state index in [0.717, 1.165) is 53.2 Å². The molecule has 2 amide bonds. The van der Waals surface area contributed by atoms with E-state index in [2.05, 4.69) is 20.1 Å². The number of hydrogen-bond acceptors (Lipinski definition) is 23. The number of phenols is 7. The monoisotopic (exact) mass is 1690 g/mol. The van der Waals surface area contributed by atoms with Gasteiger partial charge in [-0.05, 0) is 225 Å². The minimum absolute atomic E-state index is 0.00327. The Hall–Kier alpha value is -14.0. The maximum absolute atomic E-state index is 13.1. The van der Waals surface area contributed by atoms with Gasteiger partial charge in [0.15, 0.2) is 69.9 Å². The minimum atomic E-state index is -1.48. The molecule has 0 fully saturated rings. The van der Waals surface area contributed by atoms with E-state index in [0.29, 0.717) is 83.3 Å². The predicted molar refractivity (Wildman–Crippen MR) is 464 cm³/mol. The number of rotatable bonds is 40. The summed E-state index contributed by atoms with van der Waals surface area (Å²) in [6, 6.07) is 63.9. The molecule has 10 aromatic carbocycles. The first-order chi connectivity index (χ1) is 59.4. The molecule has 25 heteroatoms. The van der Waals surface area contributed by atoms with Crippen molar-refractivity contribution in [3.05, 3.63) is 303 Å². The number of aromatic hydroxyl groups is 7. The summed E-state index contributed by atoms with van der Waals surface area (Å²) in [5, 5.41) is 90.5. The number of hydrogen-bond donors (Lipinski definition) is 11. The zero-order valence-corrected chi connectivity index (χ0v) is 69.7. The van der Waals surface area contributed by atoms with Crippen LogP contribution in [0.1, 0.15) is 124 Å². The fourth-order valence-corrected chi connectivity index (χ4v) is 13.2. The first-order valence-electron chi connectivity index (χ1n) is 40.3. The Morgan fingerprint density at radius 3 is 0.750 bits per heavy atom. The van der Waals surface area contributed by atoms with Crippen molar-refractivity contribution in [2.75, 3.05) is 24.9 Å². The second-order valence-corrected chi connectivity index (χ2v) is 29.7. The molecule has 0 bridgehead atoms. The number of amides is 2. The average Bonchev–Trinajstić information content (AvgIpc) is 0.846. The SMILES string of the molecule is COC(=O)C(C(=O)CCc1ccc(O)c(C)c1)C(=O)CCc1ccc(O)c(CO)c1.COC(=O)C(C(=O)CCc1ccc(O)cc1)C(=O)CCc1ccc(O)cc1.Cc1cc(CCC(=O)C(C(=O)CCc2ccc(O)c(CO)c2)C(=O)Nc2ccccc2)ccc1O.Cc1ccc(CCC(=O)C(C(=O)CCc2ccc(O)cc2)C(=O)Nc2ccccc2)cc1. The average molecular weight is 1690 g/mol. The third kappa shape index (κ3) is 31.5. The number of carbonyl (C=O) groups excluding carboxylic acids is 12. The second-order valence-electron chi connectivity index (χ2n) is 29.7. The molecular weight excluding hydrogens is 1590 g/mol. The zero-order valence-electron chi connectivity index (χ0n) is 69.7. The number of benzene rings is 10. The van der Waals surface area contributed by atoms with Crippen molar-refractivity contribution in [2.45, 2.75) is 137 Å². The fourth-order valence-electron chi connectivity index (χ4n) is 13.2. The third-order valence-corrected chi connectivity index (χ3v) is 20.4. The molecule has 0 aliphatic rings. The Labute approximate surface area is 719 Å². The molecule has 10 rings (SSSR count). The molecule has 3 unspecified atom stereocenters. The smallest absolute Gasteiger partial charge is 0.323 e. The van der Waals surface area contributed by atoms with E-state index in [1.165, 1.54) is 42.5 Å². The Bertz CT molecular complexity index is 5180. The van der Waals surface area contributed by atoms with Gasteiger partial charge in [-0.3, -0.25) is 57.5 Å². The van der Waals surface area contributed by atoms with Crippen LogP contribution in [-0.2, 0) is 132 Å². The summed E-state index contributed by atoms with van der Waals surface area (Å²) < 4.78 is 9.31. The van der Waals surface area contributed by atoms with Gasteiger partial charge in [0, 0.05) is 73.9 Å². The van der Waals surface area contributed by atoms with Crippen molar-refractivity contribution in [3.8, 4) is 40.2 Å². The largest absolute Gasteiger partial charge is 0.508 e. The van der Waals surface area contributed by atoms with E-state index in [4.69, 9.17) is 0 Å². The molecule has 0 saturated carbocycles. The Morgan fingerprint density at radius 1 is 0.274 bits per heavy atom. The first-order valence-corrected chi connectivity index (χ1v) is 40.3. The maximum atomic E-state index is 13.1. The molecule has 0 spiro atoms. The predicted octanol–water partition coefficient (Wildman–Crippen LogP) is 13.5. The Morgan fingerprint density at radius 2 is 0.500 bits per heavy atom. The van der Waals surface area contributed by atoms with Gasteiger partial charge >= 0.3 is 11.9 Å². The molecule has 0 radical (unpaired) electrons. The van der Waals surface area contributed by atoms with E-state index < -0.39 is 87.9 Å². The number of ether oxygens (including phenoxy) is 2. The van der Waals surface area contributed by atoms with E-state index in [1.807, 2.05) is 37.3 Å². The lowest BCUT2D eigenvalue weighted by atomic mass is 9.90. The normalized spacial score (nSPS) is 11.4. The van der Waals surface area contributed by atoms with Crippen LogP contribution in [0.4, 0.5) is 11.4 Å². The lowest BCUT2D eigenvalue weighted by Gasteiger charge is -2.16. The number of ketones is 8. The molecular formula is C99H104N2O23. The van der Waals surface area contributed by atoms with Crippen molar-refractivity contribution in [1.82, 2.24) is 0 Å². The second kappa shape index (κ2) is 49.6. The molecule has 0 saturated heterocycles. The van der Waals surface area contributed by atoms with Crippen LogP contribution < -0.4 is 10.6 Å². The van der Waals surface area contributed by atoms with Gasteiger partial charge in [-0.2, -0.15) is 0 Å². The van der Waals surface area contributed by atoms with Gasteiger partial charge in [0.25, 0.3) is 0 Å². The molecule has 3 atom stereocenters. The number of esters is 2. The fraction of sp³-hybridized carbons (Fsp3) is 0.273. The maximum Gasteiger partial charge on any atom is 0.323 e. The van der Waals surface area contributed by atoms with Gasteiger partial charge < -0.3 is 66.1 Å². The molecule has 0 heterocycles. The van der Waals surface area contributed by atoms with Gasteiger partial charge in [0.1, 0.15) is 40.2 Å². The van der Waals surface area contributed by atoms with Gasteiger partial charge in [0.05, 0.1) is 27.4 Å². The Kier molecular flexibility index (Phi) is 38.9. The topological polar surface area (TPSA) is 429 Å². The van der Waals surface area contributed by atoms with E-state index in [9.17, 15) is 103 Å². The van der Waals surface area contributed by atoms with Crippen LogP contribution in [0.3, 0.4) is 0 Å². The molecule has 25 nitrogen and oxygen atoms in total. The number of methoxy groups -OCH3 is 2. The molecule has 0 aliphatic carbocycles. The highest BCUT2D eigenvalue weighted by molar-refractivity contribution is 6.23. The summed E-state index contributed by atoms with van der Waals surface area (Å²) in [6.07, 6.45) is 2.86. The van der Waals surface area contributed by atoms with Gasteiger partial charge in [-0.15, -0.1) is 0 Å². The van der Waals surface area contributed by atoms with Gasteiger partial charge in [0.2, 0.25) is 11.8 Å². The first kappa shape index (κ1) is 97.1. The number of phenolic OH excluding ortho intramolecular Hbond substituents is 5. The van der Waals surface area contributed by atoms with Crippen LogP contribution in [0.2, 0.25) is 0 Å². The van der Waals surface area contributed by atoms with Crippen LogP contribution >= 0.6 is 0 Å². The summed E-state index contributed by atoms with van der Waals surface area (Å²) in [6.45, 7) is 4.81. The van der Waals surface area contributed by atoms with Crippen LogP contribution in [0, 0.1) is 44.4 Å². The lowest BCUT2D eigenvalue weighted by Crippen LogP contribution is -2.36. The van der Waals surface area contributed by atoms with Crippen molar-refractivity contribution in [1.29, 1.82) is 0 Å². The summed E-state index contributed by atoms with van der Waals surface area (Å²) in [4.78, 5) is 152. The van der Waals surface area contributed by atoms with Crippen molar-refractivity contribution < 1.29 is 113 Å². The van der Waals surface area contributed by atoms with Gasteiger partial charge in [-0.25, -0.2) is 0 Å². The van der Waals surface area contributed by atoms with E-state index in [1.54, 1.807) is 172 Å². The standard InChI is InChI=1S/C28H29NO6.C27H27NO4.C23H26O7.C21H22O6/c1-18-15-19(7-11-23(18)31)9-13-25(33)27(28(35)29-22-5-3-2-4-6-22)26(34)14-10-20-8-12-24(32)21(16-20)17-30;1-19-7-9-20(10-8-19)13-17-24(30)26(27(32)28-22-5-3-2-4-6-22)25(31)18-14-21-11-15-23(29)16-12-21;1-14-11-15(3-7-18(14)25)5-9-20(27)22(23(29)30-2)21(28)10-6-16-4-8-19(26)17(12-16)13-24;1-27-21(26)20(18(24)12-6-14-2-8-16(22)9-3-14)19(25)13-7-15-4-10-17(23)11-5-15/h2-8,11-12,15-16,27,30-32H,9-10,13-14,17H2,1H3,(H,29,35);2-12,15-16,26,29H,13-14,17-18H2,1H3,(H,28,32);3-4,7-8,11-12,22,24-26H,5-6,9-10,13H2,1-2H3;2-5,8-11,20,22-23H,6-7,12-13H2,1H3. The van der Waals surface area contributed by atoms with Crippen molar-refractivity contribution in [3.63, 3.8) is 0 Å². The van der Waals surface area contributed by atoms with Crippen molar-refractivity contribution >= 4 is 81.4 Å². The number of anilines is 2. The summed E-state index contributed by atoms with van der Waals surface area (Å²) in [5.74, 6) is -11.8. The summed E-state index contributed by atoms with van der Waals surface area (Å²) in [7, 11) is 2.28. The van der Waals surface area contributed by atoms with Crippen LogP contribution in [0.25, 0.3) is 0 Å². The van der Waals surface area contributed by atoms with Crippen LogP contribution in [-0.4, -0.2) is 130 Å². The number of aryl methyl sites for hydroxylation is 11. The van der Waals surface area contributed by atoms with E-state index in [-0.39, 0.29) is 123 Å². The van der Waals surface area contributed by atoms with Crippen LogP contribution in [0.15, 0.2) is 231 Å². The quantitative estimate of drug-likeness (QED) is 0.0125. The molecule has 124 heavy (non-hydrogen) atoms.